The summed E-state index contributed by atoms with van der Waals surface area (Å²) in [5.41, 5.74) is 2.75. The molecule has 0 unspecified atom stereocenters. The molecule has 1 aliphatic rings. The number of amides is 2. The Morgan fingerprint density at radius 1 is 1.08 bits per heavy atom. The largest absolute Gasteiger partial charge is 0.366 e. The molecule has 7 heteroatoms. The van der Waals surface area contributed by atoms with E-state index in [0.717, 1.165) is 0 Å². The van der Waals surface area contributed by atoms with Crippen LogP contribution in [0.3, 0.4) is 0 Å². The first kappa shape index (κ1) is 17.8. The van der Waals surface area contributed by atoms with Gasteiger partial charge >= 0.3 is 0 Å². The van der Waals surface area contributed by atoms with Gasteiger partial charge in [-0.3, -0.25) is 9.59 Å². The first-order valence-corrected chi connectivity index (χ1v) is 8.70. The lowest BCUT2D eigenvalue weighted by Gasteiger charge is -2.34. The van der Waals surface area contributed by atoms with Gasteiger partial charge in [-0.15, -0.1) is 0 Å². The molecular weight excluding hydrogens is 330 g/mol. The molecule has 2 amide bonds. The molecule has 1 fully saturated rings. The van der Waals surface area contributed by atoms with Crippen molar-refractivity contribution < 1.29 is 9.59 Å². The monoisotopic (exact) mass is 353 g/mol. The molecule has 1 N–H and O–H groups in total. The quantitative estimate of drug-likeness (QED) is 0.905. The smallest absolute Gasteiger partial charge is 0.272 e. The van der Waals surface area contributed by atoms with Crippen molar-refractivity contribution in [2.75, 3.05) is 31.5 Å². The van der Waals surface area contributed by atoms with E-state index in [0.29, 0.717) is 44.2 Å². The van der Waals surface area contributed by atoms with E-state index in [4.69, 9.17) is 0 Å². The third-order valence-electron chi connectivity index (χ3n) is 4.62. The number of hydrogen-bond acceptors (Lipinski definition) is 5. The minimum atomic E-state index is -0.130. The summed E-state index contributed by atoms with van der Waals surface area (Å²) in [6.45, 7) is 6.41. The summed E-state index contributed by atoms with van der Waals surface area (Å²) in [5, 5.41) is 3.25. The minimum absolute atomic E-state index is 0.0434. The number of nitrogens with one attached hydrogen (secondary N) is 1. The number of carbonyl (C=O) groups excluding carboxylic acids is 2. The maximum absolute atomic E-state index is 12.7. The molecule has 1 aliphatic heterocycles. The molecule has 7 nitrogen and oxygen atoms in total. The first-order valence-electron chi connectivity index (χ1n) is 8.70. The molecule has 26 heavy (non-hydrogen) atoms. The average molecular weight is 353 g/mol. The van der Waals surface area contributed by atoms with E-state index in [-0.39, 0.29) is 11.8 Å². The number of benzene rings is 1. The van der Waals surface area contributed by atoms with E-state index in [1.165, 1.54) is 17.5 Å². The molecule has 1 aromatic heterocycles. The third kappa shape index (κ3) is 4.17. The second kappa shape index (κ2) is 7.95. The Labute approximate surface area is 153 Å². The van der Waals surface area contributed by atoms with Gasteiger partial charge < -0.3 is 15.1 Å². The highest BCUT2D eigenvalue weighted by Crippen LogP contribution is 2.13. The van der Waals surface area contributed by atoms with Crippen molar-refractivity contribution in [3.05, 3.63) is 53.5 Å². The van der Waals surface area contributed by atoms with Crippen LogP contribution < -0.4 is 5.32 Å². The zero-order valence-electron chi connectivity index (χ0n) is 15.1. The van der Waals surface area contributed by atoms with Crippen molar-refractivity contribution in [2.24, 2.45) is 0 Å². The van der Waals surface area contributed by atoms with Crippen LogP contribution in [0.5, 0.6) is 0 Å². The van der Waals surface area contributed by atoms with Crippen LogP contribution in [0.4, 0.5) is 5.82 Å². The van der Waals surface area contributed by atoms with Gasteiger partial charge in [0.2, 0.25) is 5.91 Å². The van der Waals surface area contributed by atoms with E-state index in [2.05, 4.69) is 34.3 Å². The van der Waals surface area contributed by atoms with Crippen molar-refractivity contribution in [1.29, 1.82) is 0 Å². The van der Waals surface area contributed by atoms with Crippen LogP contribution in [0.15, 0.2) is 36.7 Å². The topological polar surface area (TPSA) is 78.4 Å². The van der Waals surface area contributed by atoms with Crippen LogP contribution in [0, 0.1) is 6.92 Å². The summed E-state index contributed by atoms with van der Waals surface area (Å²) in [6.07, 6.45) is 1.40. The van der Waals surface area contributed by atoms with E-state index in [9.17, 15) is 9.59 Å². The number of aromatic nitrogens is 2. The highest BCUT2D eigenvalue weighted by Gasteiger charge is 2.24. The van der Waals surface area contributed by atoms with Gasteiger partial charge in [-0.05, 0) is 18.1 Å². The molecule has 0 atom stereocenters. The Balaban J connectivity index is 1.63. The molecule has 0 spiro atoms. The number of piperazine rings is 1. The molecule has 0 radical (unpaired) electrons. The summed E-state index contributed by atoms with van der Waals surface area (Å²) in [5.74, 6) is 0.533. The highest BCUT2D eigenvalue weighted by atomic mass is 16.2. The van der Waals surface area contributed by atoms with Crippen LogP contribution in [0.25, 0.3) is 0 Å². The highest BCUT2D eigenvalue weighted by molar-refractivity contribution is 5.93. The van der Waals surface area contributed by atoms with E-state index < -0.39 is 0 Å². The maximum Gasteiger partial charge on any atom is 0.272 e. The zero-order valence-corrected chi connectivity index (χ0v) is 15.1. The predicted octanol–water partition coefficient (Wildman–Crippen LogP) is 1.70. The fourth-order valence-corrected chi connectivity index (χ4v) is 2.95. The van der Waals surface area contributed by atoms with Crippen molar-refractivity contribution in [1.82, 2.24) is 19.8 Å². The third-order valence-corrected chi connectivity index (χ3v) is 4.62. The SMILES string of the molecule is CC(=O)N1CCN(C(=O)c2cc(NCc3ccccc3C)ncn2)CC1. The molecule has 136 valence electrons. The number of nitrogens with zero attached hydrogens (tertiary/aromatic N) is 4. The average Bonchev–Trinajstić information content (AvgIpc) is 2.67. The van der Waals surface area contributed by atoms with Crippen molar-refractivity contribution in [3.63, 3.8) is 0 Å². The molecule has 2 aromatic rings. The molecule has 0 saturated carbocycles. The fourth-order valence-electron chi connectivity index (χ4n) is 2.95. The standard InChI is InChI=1S/C19H23N5O2/c1-14-5-3-4-6-16(14)12-20-18-11-17(21-13-22-18)19(26)24-9-7-23(8-10-24)15(2)25/h3-6,11,13H,7-10,12H2,1-2H3,(H,20,21,22). The Morgan fingerprint density at radius 3 is 2.46 bits per heavy atom. The summed E-state index contributed by atoms with van der Waals surface area (Å²) in [6, 6.07) is 9.81. The van der Waals surface area contributed by atoms with Crippen LogP contribution in [-0.2, 0) is 11.3 Å². The number of carbonyl (C=O) groups is 2. The minimum Gasteiger partial charge on any atom is -0.366 e. The summed E-state index contributed by atoms with van der Waals surface area (Å²) in [7, 11) is 0. The second-order valence-electron chi connectivity index (χ2n) is 6.37. The van der Waals surface area contributed by atoms with Crippen LogP contribution >= 0.6 is 0 Å². The summed E-state index contributed by atoms with van der Waals surface area (Å²) in [4.78, 5) is 35.9. The molecule has 0 bridgehead atoms. The summed E-state index contributed by atoms with van der Waals surface area (Å²) >= 11 is 0. The molecule has 1 saturated heterocycles. The van der Waals surface area contributed by atoms with Crippen molar-refractivity contribution in [3.8, 4) is 0 Å². The first-order chi connectivity index (χ1) is 12.5. The molecule has 1 aromatic carbocycles. The van der Waals surface area contributed by atoms with Gasteiger partial charge in [0.15, 0.2) is 0 Å². The van der Waals surface area contributed by atoms with Gasteiger partial charge in [-0.2, -0.15) is 0 Å². The van der Waals surface area contributed by atoms with Gasteiger partial charge in [0.05, 0.1) is 0 Å². The van der Waals surface area contributed by atoms with Gasteiger partial charge in [0, 0.05) is 45.7 Å². The normalized spacial score (nSPS) is 14.2. The number of hydrogen-bond donors (Lipinski definition) is 1. The predicted molar refractivity (Wildman–Crippen MR) is 98.7 cm³/mol. The van der Waals surface area contributed by atoms with Crippen molar-refractivity contribution in [2.45, 2.75) is 20.4 Å². The number of anilines is 1. The molecular formula is C19H23N5O2. The summed E-state index contributed by atoms with van der Waals surface area (Å²) < 4.78 is 0. The van der Waals surface area contributed by atoms with Crippen LogP contribution in [0.1, 0.15) is 28.5 Å². The van der Waals surface area contributed by atoms with Crippen molar-refractivity contribution >= 4 is 17.6 Å². The fraction of sp³-hybridized carbons (Fsp3) is 0.368. The second-order valence-corrected chi connectivity index (χ2v) is 6.37. The van der Waals surface area contributed by atoms with Gasteiger partial charge in [-0.25, -0.2) is 9.97 Å². The van der Waals surface area contributed by atoms with Gasteiger partial charge in [0.25, 0.3) is 5.91 Å². The van der Waals surface area contributed by atoms with E-state index in [1.54, 1.807) is 22.8 Å². The van der Waals surface area contributed by atoms with Gasteiger partial charge in [0.1, 0.15) is 17.8 Å². The van der Waals surface area contributed by atoms with Crippen LogP contribution in [0.2, 0.25) is 0 Å². The molecule has 0 aliphatic carbocycles. The Kier molecular flexibility index (Phi) is 5.46. The van der Waals surface area contributed by atoms with Gasteiger partial charge in [-0.1, -0.05) is 24.3 Å². The Morgan fingerprint density at radius 2 is 1.77 bits per heavy atom. The zero-order chi connectivity index (χ0) is 18.5. The van der Waals surface area contributed by atoms with Crippen LogP contribution in [-0.4, -0.2) is 57.8 Å². The van der Waals surface area contributed by atoms with E-state index in [1.807, 2.05) is 12.1 Å². The molecule has 2 heterocycles. The lowest BCUT2D eigenvalue weighted by Crippen LogP contribution is -2.50. The Bertz CT molecular complexity index is 800. The lowest BCUT2D eigenvalue weighted by molar-refractivity contribution is -0.130. The maximum atomic E-state index is 12.7. The number of aryl methyl sites for hydroxylation is 1. The number of rotatable bonds is 4. The Hall–Kier alpha value is -2.96. The lowest BCUT2D eigenvalue weighted by atomic mass is 10.1. The molecule has 3 rings (SSSR count). The van der Waals surface area contributed by atoms with E-state index >= 15 is 0 Å².